The summed E-state index contributed by atoms with van der Waals surface area (Å²) in [6, 6.07) is 0. The number of hydrogen-bond donors (Lipinski definition) is 2. The summed E-state index contributed by atoms with van der Waals surface area (Å²) in [7, 11) is 0. The number of hydrogen-bond acceptors (Lipinski definition) is 2. The zero-order valence-electron chi connectivity index (χ0n) is 8.37. The van der Waals surface area contributed by atoms with E-state index >= 15 is 0 Å². The first-order valence-electron chi connectivity index (χ1n) is 5.27. The first kappa shape index (κ1) is 10.7. The van der Waals surface area contributed by atoms with Gasteiger partial charge >= 0.3 is 0 Å². The molecule has 0 saturated heterocycles. The van der Waals surface area contributed by atoms with E-state index in [1.54, 1.807) is 0 Å². The number of aliphatic hydroxyl groups excluding tert-OH is 2. The zero-order valence-corrected chi connectivity index (χ0v) is 8.37. The lowest BCUT2D eigenvalue weighted by atomic mass is 9.84. The lowest BCUT2D eigenvalue weighted by Crippen LogP contribution is -2.20. The van der Waals surface area contributed by atoms with Crippen molar-refractivity contribution in [2.75, 3.05) is 6.61 Å². The van der Waals surface area contributed by atoms with E-state index in [-0.39, 0.29) is 12.7 Å². The van der Waals surface area contributed by atoms with Crippen LogP contribution in [0.4, 0.5) is 0 Å². The Morgan fingerprint density at radius 3 is 2.85 bits per heavy atom. The summed E-state index contributed by atoms with van der Waals surface area (Å²) >= 11 is 0. The molecule has 1 aliphatic carbocycles. The van der Waals surface area contributed by atoms with Gasteiger partial charge in [-0.15, -0.1) is 0 Å². The van der Waals surface area contributed by atoms with Crippen LogP contribution >= 0.6 is 0 Å². The number of rotatable bonds is 4. The van der Waals surface area contributed by atoms with Crippen molar-refractivity contribution >= 4 is 0 Å². The Morgan fingerprint density at radius 2 is 2.23 bits per heavy atom. The molecule has 0 bridgehead atoms. The van der Waals surface area contributed by atoms with E-state index < -0.39 is 0 Å². The molecule has 2 heteroatoms. The van der Waals surface area contributed by atoms with Gasteiger partial charge in [0.05, 0.1) is 6.10 Å². The number of aliphatic hydroxyl groups is 2. The minimum Gasteiger partial charge on any atom is -0.396 e. The zero-order chi connectivity index (χ0) is 9.68. The highest BCUT2D eigenvalue weighted by Crippen LogP contribution is 2.28. The highest BCUT2D eigenvalue weighted by molar-refractivity contribution is 5.13. The molecule has 0 aromatic heterocycles. The fourth-order valence-corrected chi connectivity index (χ4v) is 1.90. The second kappa shape index (κ2) is 5.40. The minimum absolute atomic E-state index is 0.238. The monoisotopic (exact) mass is 184 g/mol. The van der Waals surface area contributed by atoms with E-state index in [4.69, 9.17) is 5.11 Å². The van der Waals surface area contributed by atoms with Crippen molar-refractivity contribution in [3.63, 3.8) is 0 Å². The highest BCUT2D eigenvalue weighted by atomic mass is 16.3. The van der Waals surface area contributed by atoms with Crippen LogP contribution < -0.4 is 0 Å². The molecule has 0 aromatic carbocycles. The fraction of sp³-hybridized carbons (Fsp3) is 0.818. The smallest absolute Gasteiger partial charge is 0.0723 e. The summed E-state index contributed by atoms with van der Waals surface area (Å²) in [5.41, 5.74) is 1.27. The van der Waals surface area contributed by atoms with Gasteiger partial charge in [-0.3, -0.25) is 0 Å². The maximum absolute atomic E-state index is 9.43. The van der Waals surface area contributed by atoms with E-state index in [2.05, 4.69) is 6.92 Å². The van der Waals surface area contributed by atoms with Gasteiger partial charge in [-0.2, -0.15) is 0 Å². The Labute approximate surface area is 80.3 Å². The second-order valence-corrected chi connectivity index (χ2v) is 3.87. The minimum atomic E-state index is -0.269. The maximum atomic E-state index is 9.43. The third-order valence-corrected chi connectivity index (χ3v) is 2.78. The van der Waals surface area contributed by atoms with Crippen LogP contribution in [-0.4, -0.2) is 22.9 Å². The van der Waals surface area contributed by atoms with Crippen LogP contribution in [0.2, 0.25) is 0 Å². The summed E-state index contributed by atoms with van der Waals surface area (Å²) in [5, 5.41) is 18.6. The predicted molar refractivity (Wildman–Crippen MR) is 53.4 cm³/mol. The van der Waals surface area contributed by atoms with Crippen LogP contribution in [0.15, 0.2) is 11.6 Å². The first-order chi connectivity index (χ1) is 6.27. The molecule has 0 amide bonds. The third kappa shape index (κ3) is 3.12. The van der Waals surface area contributed by atoms with Gasteiger partial charge in [0.25, 0.3) is 0 Å². The van der Waals surface area contributed by atoms with Crippen molar-refractivity contribution < 1.29 is 10.2 Å². The normalized spacial score (nSPS) is 28.7. The molecule has 1 rings (SSSR count). The average Bonchev–Trinajstić information content (AvgIpc) is 2.15. The third-order valence-electron chi connectivity index (χ3n) is 2.78. The van der Waals surface area contributed by atoms with E-state index in [0.717, 1.165) is 25.7 Å². The molecule has 2 nitrogen and oxygen atoms in total. The second-order valence-electron chi connectivity index (χ2n) is 3.87. The molecule has 0 saturated carbocycles. The summed E-state index contributed by atoms with van der Waals surface area (Å²) in [6.45, 7) is 2.40. The van der Waals surface area contributed by atoms with Gasteiger partial charge in [-0.05, 0) is 25.7 Å². The molecule has 0 heterocycles. The fourth-order valence-electron chi connectivity index (χ4n) is 1.90. The summed E-state index contributed by atoms with van der Waals surface area (Å²) in [6.07, 6.45) is 6.79. The quantitative estimate of drug-likeness (QED) is 0.655. The molecule has 0 spiro atoms. The van der Waals surface area contributed by atoms with Crippen molar-refractivity contribution in [3.05, 3.63) is 11.6 Å². The first-order valence-corrected chi connectivity index (χ1v) is 5.27. The summed E-state index contributed by atoms with van der Waals surface area (Å²) < 4.78 is 0. The lowest BCUT2D eigenvalue weighted by Gasteiger charge is -2.25. The molecule has 0 aliphatic heterocycles. The summed E-state index contributed by atoms with van der Waals surface area (Å²) in [4.78, 5) is 0. The van der Waals surface area contributed by atoms with Crippen molar-refractivity contribution in [2.24, 2.45) is 5.92 Å². The van der Waals surface area contributed by atoms with Crippen LogP contribution in [0.5, 0.6) is 0 Å². The topological polar surface area (TPSA) is 40.5 Å². The van der Waals surface area contributed by atoms with Gasteiger partial charge in [-0.25, -0.2) is 0 Å². The molecule has 1 aliphatic rings. The van der Waals surface area contributed by atoms with Gasteiger partial charge < -0.3 is 10.2 Å². The average molecular weight is 184 g/mol. The maximum Gasteiger partial charge on any atom is 0.0723 e. The highest BCUT2D eigenvalue weighted by Gasteiger charge is 2.20. The lowest BCUT2D eigenvalue weighted by molar-refractivity contribution is 0.165. The molecule has 2 unspecified atom stereocenters. The van der Waals surface area contributed by atoms with Crippen molar-refractivity contribution in [3.8, 4) is 0 Å². The van der Waals surface area contributed by atoms with E-state index in [1.165, 1.54) is 12.0 Å². The van der Waals surface area contributed by atoms with Crippen molar-refractivity contribution in [1.82, 2.24) is 0 Å². The molecule has 0 radical (unpaired) electrons. The Morgan fingerprint density at radius 1 is 1.46 bits per heavy atom. The molecule has 0 fully saturated rings. The Hall–Kier alpha value is -0.340. The van der Waals surface area contributed by atoms with E-state index in [9.17, 15) is 5.11 Å². The molecule has 0 aromatic rings. The number of unbranched alkanes of at least 4 members (excludes halogenated alkanes) is 1. The van der Waals surface area contributed by atoms with E-state index in [1.807, 2.05) is 6.08 Å². The molecule has 76 valence electrons. The molecule has 2 atom stereocenters. The van der Waals surface area contributed by atoms with Crippen molar-refractivity contribution in [2.45, 2.75) is 45.1 Å². The van der Waals surface area contributed by atoms with Gasteiger partial charge in [0, 0.05) is 12.5 Å². The van der Waals surface area contributed by atoms with Crippen LogP contribution in [-0.2, 0) is 0 Å². The van der Waals surface area contributed by atoms with Crippen LogP contribution in [0.25, 0.3) is 0 Å². The Kier molecular flexibility index (Phi) is 4.46. The SMILES string of the molecule is CCCCC1=CC(O)CCC1CO. The molecule has 13 heavy (non-hydrogen) atoms. The standard InChI is InChI=1S/C11H20O2/c1-2-3-4-9-7-11(13)6-5-10(9)8-12/h7,10-13H,2-6,8H2,1H3. The van der Waals surface area contributed by atoms with Gasteiger partial charge in [-0.1, -0.05) is 25.0 Å². The molecular formula is C11H20O2. The van der Waals surface area contributed by atoms with Crippen LogP contribution in [0, 0.1) is 5.92 Å². The molecular weight excluding hydrogens is 164 g/mol. The van der Waals surface area contributed by atoms with Gasteiger partial charge in [0.1, 0.15) is 0 Å². The molecule has 2 N–H and O–H groups in total. The Bertz CT molecular complexity index is 175. The largest absolute Gasteiger partial charge is 0.396 e. The Balaban J connectivity index is 2.52. The predicted octanol–water partition coefficient (Wildman–Crippen LogP) is 1.87. The van der Waals surface area contributed by atoms with Gasteiger partial charge in [0.15, 0.2) is 0 Å². The van der Waals surface area contributed by atoms with Crippen molar-refractivity contribution in [1.29, 1.82) is 0 Å². The summed E-state index contributed by atoms with van der Waals surface area (Å²) in [5.74, 6) is 0.315. The van der Waals surface area contributed by atoms with E-state index in [0.29, 0.717) is 5.92 Å². The van der Waals surface area contributed by atoms with Gasteiger partial charge in [0.2, 0.25) is 0 Å². The van der Waals surface area contributed by atoms with Crippen LogP contribution in [0.3, 0.4) is 0 Å². The van der Waals surface area contributed by atoms with Crippen LogP contribution in [0.1, 0.15) is 39.0 Å².